The van der Waals surface area contributed by atoms with E-state index in [1.807, 2.05) is 86.4 Å². The Balaban J connectivity index is 1.80. The highest BCUT2D eigenvalue weighted by Crippen LogP contribution is 2.40. The van der Waals surface area contributed by atoms with Crippen molar-refractivity contribution in [3.8, 4) is 5.75 Å². The zero-order valence-corrected chi connectivity index (χ0v) is 12.5. The lowest BCUT2D eigenvalue weighted by molar-refractivity contribution is 0.0960. The van der Waals surface area contributed by atoms with Gasteiger partial charge in [-0.2, -0.15) is 0 Å². The lowest BCUT2D eigenvalue weighted by Crippen LogP contribution is -2.24. The molecule has 5 radical (unpaired) electrons. The van der Waals surface area contributed by atoms with Crippen LogP contribution in [-0.2, 0) is 0 Å². The van der Waals surface area contributed by atoms with E-state index in [1.165, 1.54) is 0 Å². The number of hydrogen-bond donors (Lipinski definition) is 0. The molecule has 2 aliphatic rings. The average molecular weight is 299 g/mol. The Morgan fingerprint density at radius 3 is 2.35 bits per heavy atom. The number of rotatable bonds is 2. The van der Waals surface area contributed by atoms with Gasteiger partial charge in [0.25, 0.3) is 0 Å². The van der Waals surface area contributed by atoms with Gasteiger partial charge in [0.2, 0.25) is 0 Å². The Bertz CT molecular complexity index is 739. The van der Waals surface area contributed by atoms with Gasteiger partial charge in [0.15, 0.2) is 11.9 Å². The largest absolute Gasteiger partial charge is 0.480 e. The molecule has 1 aliphatic carbocycles. The summed E-state index contributed by atoms with van der Waals surface area (Å²) in [6, 6.07) is 17.3. The Hall–Kier alpha value is -2.35. The topological polar surface area (TPSA) is 26.3 Å². The first-order valence-electron chi connectivity index (χ1n) is 7.61. The number of hydrogen-bond acceptors (Lipinski definition) is 2. The molecule has 4 rings (SSSR count). The molecule has 2 heteroatoms. The molecule has 0 aromatic heterocycles. The lowest BCUT2D eigenvalue weighted by atomic mass is 9.88. The van der Waals surface area contributed by atoms with Crippen molar-refractivity contribution in [3.63, 3.8) is 0 Å². The van der Waals surface area contributed by atoms with Crippen LogP contribution in [0.15, 0.2) is 66.2 Å². The molecule has 1 heterocycles. The summed E-state index contributed by atoms with van der Waals surface area (Å²) in [5, 5.41) is 0. The van der Waals surface area contributed by atoms with E-state index in [2.05, 4.69) is 0 Å². The Morgan fingerprint density at radius 1 is 0.870 bits per heavy atom. The third-order valence-electron chi connectivity index (χ3n) is 4.03. The van der Waals surface area contributed by atoms with Gasteiger partial charge >= 0.3 is 0 Å². The molecule has 2 aromatic rings. The van der Waals surface area contributed by atoms with Crippen LogP contribution in [-0.4, -0.2) is 5.78 Å². The second-order valence-corrected chi connectivity index (χ2v) is 5.55. The van der Waals surface area contributed by atoms with Crippen molar-refractivity contribution in [3.05, 3.63) is 109 Å². The maximum Gasteiger partial charge on any atom is 0.196 e. The van der Waals surface area contributed by atoms with Crippen LogP contribution >= 0.6 is 0 Å². The predicted molar refractivity (Wildman–Crippen MR) is 89.1 cm³/mol. The van der Waals surface area contributed by atoms with E-state index < -0.39 is 0 Å². The van der Waals surface area contributed by atoms with Gasteiger partial charge in [-0.25, -0.2) is 0 Å². The molecule has 1 saturated carbocycles. The number of para-hydroxylation sites is 1. The number of ketones is 1. The number of Topliss-reactive ketones (excluding diaryl/α,β-unsaturated/α-hetero) is 1. The van der Waals surface area contributed by atoms with Gasteiger partial charge in [-0.15, -0.1) is 0 Å². The maximum atomic E-state index is 13.0. The molecule has 0 saturated heterocycles. The molecular formula is C21H15O2. The minimum atomic E-state index is -0.381. The third kappa shape index (κ3) is 2.70. The second kappa shape index (κ2) is 6.04. The van der Waals surface area contributed by atoms with Crippen molar-refractivity contribution in [1.29, 1.82) is 0 Å². The minimum absolute atomic E-state index is 0.0295. The maximum absolute atomic E-state index is 13.0. The van der Waals surface area contributed by atoms with Crippen LogP contribution in [0.3, 0.4) is 0 Å². The minimum Gasteiger partial charge on any atom is -0.480 e. The quantitative estimate of drug-likeness (QED) is 0.771. The molecule has 0 spiro atoms. The molecule has 2 aromatic carbocycles. The number of allylic oxidation sites excluding steroid dienone is 1. The normalized spacial score (nSPS) is 22.9. The fourth-order valence-electron chi connectivity index (χ4n) is 2.90. The number of ether oxygens (including phenoxy) is 1. The highest BCUT2D eigenvalue weighted by Gasteiger charge is 2.33. The van der Waals surface area contributed by atoms with Crippen molar-refractivity contribution in [2.45, 2.75) is 6.10 Å². The summed E-state index contributed by atoms with van der Waals surface area (Å²) in [4.78, 5) is 13.0. The predicted octanol–water partition coefficient (Wildman–Crippen LogP) is 4.33. The number of fused-ring (bicyclic) bond motifs is 1. The van der Waals surface area contributed by atoms with Gasteiger partial charge in [0.1, 0.15) is 5.75 Å². The highest BCUT2D eigenvalue weighted by molar-refractivity contribution is 6.12. The Labute approximate surface area is 136 Å². The van der Waals surface area contributed by atoms with E-state index in [1.54, 1.807) is 0 Å². The monoisotopic (exact) mass is 299 g/mol. The summed E-state index contributed by atoms with van der Waals surface area (Å²) in [5.41, 5.74) is 2.27. The Morgan fingerprint density at radius 2 is 1.57 bits per heavy atom. The van der Waals surface area contributed by atoms with E-state index in [0.29, 0.717) is 16.9 Å². The third-order valence-corrected chi connectivity index (χ3v) is 4.03. The van der Waals surface area contributed by atoms with Crippen LogP contribution in [0.2, 0.25) is 0 Å². The van der Waals surface area contributed by atoms with Crippen molar-refractivity contribution in [2.24, 2.45) is 0 Å². The number of carbonyl (C=O) groups excluding carboxylic acids is 1. The first-order chi connectivity index (χ1) is 11.3. The van der Waals surface area contributed by atoms with E-state index in [9.17, 15) is 4.79 Å². The summed E-state index contributed by atoms with van der Waals surface area (Å²) in [6.45, 7) is 0. The second-order valence-electron chi connectivity index (χ2n) is 5.55. The molecule has 1 fully saturated rings. The molecule has 0 amide bonds. The summed E-state index contributed by atoms with van der Waals surface area (Å²) in [5.74, 6) is 1.69. The van der Waals surface area contributed by atoms with Gasteiger partial charge in [0, 0.05) is 11.5 Å². The summed E-state index contributed by atoms with van der Waals surface area (Å²) >= 11 is 0. The molecule has 23 heavy (non-hydrogen) atoms. The van der Waals surface area contributed by atoms with E-state index in [0.717, 1.165) is 11.5 Å². The zero-order chi connectivity index (χ0) is 15.6. The fourth-order valence-corrected chi connectivity index (χ4v) is 2.90. The molecule has 1 unspecified atom stereocenters. The van der Waals surface area contributed by atoms with E-state index in [4.69, 9.17) is 4.74 Å². The van der Waals surface area contributed by atoms with E-state index in [-0.39, 0.29) is 11.9 Å². The van der Waals surface area contributed by atoms with Crippen molar-refractivity contribution in [2.75, 3.05) is 0 Å². The molecular weight excluding hydrogens is 284 g/mol. The van der Waals surface area contributed by atoms with Crippen LogP contribution in [0.1, 0.15) is 22.0 Å². The van der Waals surface area contributed by atoms with Crippen LogP contribution in [0.5, 0.6) is 5.75 Å². The van der Waals surface area contributed by atoms with Gasteiger partial charge in [-0.1, -0.05) is 48.5 Å². The zero-order valence-electron chi connectivity index (χ0n) is 12.5. The van der Waals surface area contributed by atoms with Crippen LogP contribution in [0.4, 0.5) is 0 Å². The molecule has 0 N–H and O–H groups in total. The van der Waals surface area contributed by atoms with Gasteiger partial charge < -0.3 is 4.74 Å². The van der Waals surface area contributed by atoms with Crippen LogP contribution in [0, 0.1) is 31.6 Å². The summed E-state index contributed by atoms with van der Waals surface area (Å²) < 4.78 is 6.16. The molecule has 2 nitrogen and oxygen atoms in total. The van der Waals surface area contributed by atoms with E-state index >= 15 is 0 Å². The van der Waals surface area contributed by atoms with Crippen LogP contribution < -0.4 is 4.74 Å². The summed E-state index contributed by atoms with van der Waals surface area (Å²) in [7, 11) is 0. The number of carbonyl (C=O) groups is 1. The van der Waals surface area contributed by atoms with Crippen molar-refractivity contribution in [1.82, 2.24) is 0 Å². The Kier molecular flexibility index (Phi) is 3.74. The molecule has 111 valence electrons. The highest BCUT2D eigenvalue weighted by atomic mass is 16.5. The first kappa shape index (κ1) is 14.3. The number of benzene rings is 2. The average Bonchev–Trinajstić information content (AvgIpc) is 3.11. The van der Waals surface area contributed by atoms with Gasteiger partial charge in [0.05, 0.1) is 5.56 Å². The standard InChI is InChI=1S/C21H15O2/c22-20-17-12-6-7-13-19(17)23-21(16-10-2-1-3-11-16)18(20)14-15-8-4-5-9-15/h1-14,21H/b18-14+. The van der Waals surface area contributed by atoms with Crippen molar-refractivity contribution >= 4 is 5.78 Å². The first-order valence-corrected chi connectivity index (χ1v) is 7.61. The van der Waals surface area contributed by atoms with Crippen LogP contribution in [0.25, 0.3) is 0 Å². The summed E-state index contributed by atoms with van der Waals surface area (Å²) in [6.07, 6.45) is 9.45. The lowest BCUT2D eigenvalue weighted by Gasteiger charge is -2.28. The van der Waals surface area contributed by atoms with Gasteiger partial charge in [-0.3, -0.25) is 4.79 Å². The molecule has 1 aliphatic heterocycles. The van der Waals surface area contributed by atoms with Gasteiger partial charge in [-0.05, 0) is 43.4 Å². The molecule has 1 atom stereocenters. The molecule has 0 bridgehead atoms. The smallest absolute Gasteiger partial charge is 0.196 e. The SMILES string of the molecule is O=C1/C(=C\[C]2[CH][CH][CH][CH]2)C(c2ccccc2)Oc2ccccc21. The fraction of sp³-hybridized carbons (Fsp3) is 0.0476. The van der Waals surface area contributed by atoms with Crippen molar-refractivity contribution < 1.29 is 9.53 Å².